The maximum absolute atomic E-state index is 12.6. The molecule has 0 spiro atoms. The molecule has 1 aliphatic carbocycles. The second kappa shape index (κ2) is 6.55. The van der Waals surface area contributed by atoms with E-state index < -0.39 is 5.41 Å². The summed E-state index contributed by atoms with van der Waals surface area (Å²) in [6.07, 6.45) is 7.86. The van der Waals surface area contributed by atoms with E-state index in [2.05, 4.69) is 10.3 Å². The van der Waals surface area contributed by atoms with Gasteiger partial charge in [-0.05, 0) is 31.4 Å². The third-order valence-electron chi connectivity index (χ3n) is 4.21. The topological polar surface area (TPSA) is 68.0 Å². The average Bonchev–Trinajstić information content (AvgIpc) is 2.69. The van der Waals surface area contributed by atoms with Crippen LogP contribution in [0.5, 0.6) is 0 Å². The summed E-state index contributed by atoms with van der Waals surface area (Å²) in [5.74, 6) is 0.0189. The number of rotatable bonds is 3. The Labute approximate surface area is 125 Å². The highest BCUT2D eigenvalue weighted by Gasteiger charge is 2.37. The molecule has 1 fully saturated rings. The highest BCUT2D eigenvalue weighted by Crippen LogP contribution is 2.35. The van der Waals surface area contributed by atoms with Gasteiger partial charge in [-0.3, -0.25) is 4.79 Å². The molecule has 0 atom stereocenters. The molecule has 1 amide bonds. The van der Waals surface area contributed by atoms with Crippen LogP contribution in [0, 0.1) is 12.3 Å². The summed E-state index contributed by atoms with van der Waals surface area (Å²) in [4.78, 5) is 16.7. The Balaban J connectivity index is 2.14. The van der Waals surface area contributed by atoms with Crippen molar-refractivity contribution in [1.82, 2.24) is 4.98 Å². The van der Waals surface area contributed by atoms with Gasteiger partial charge in [0, 0.05) is 6.54 Å². The van der Waals surface area contributed by atoms with Crippen molar-refractivity contribution in [2.45, 2.75) is 45.4 Å². The summed E-state index contributed by atoms with van der Waals surface area (Å²) < 4.78 is 0. The van der Waals surface area contributed by atoms with E-state index in [1.807, 2.05) is 13.0 Å². The van der Waals surface area contributed by atoms with Crippen molar-refractivity contribution in [2.24, 2.45) is 11.1 Å². The molecule has 0 bridgehead atoms. The van der Waals surface area contributed by atoms with Crippen molar-refractivity contribution in [1.29, 1.82) is 0 Å². The summed E-state index contributed by atoms with van der Waals surface area (Å²) in [5.41, 5.74) is 7.03. The molecule has 3 N–H and O–H groups in total. The second-order valence-electron chi connectivity index (χ2n) is 5.68. The Hall–Kier alpha value is -1.13. The van der Waals surface area contributed by atoms with Crippen LogP contribution in [0.2, 0.25) is 5.15 Å². The Morgan fingerprint density at radius 3 is 2.60 bits per heavy atom. The fraction of sp³-hybridized carbons (Fsp3) is 0.600. The van der Waals surface area contributed by atoms with Crippen LogP contribution in [-0.2, 0) is 4.79 Å². The van der Waals surface area contributed by atoms with Gasteiger partial charge >= 0.3 is 0 Å². The summed E-state index contributed by atoms with van der Waals surface area (Å²) in [6, 6.07) is 1.84. The number of aromatic nitrogens is 1. The molecule has 110 valence electrons. The maximum atomic E-state index is 12.6. The summed E-state index contributed by atoms with van der Waals surface area (Å²) in [7, 11) is 0. The fourth-order valence-electron chi connectivity index (χ4n) is 2.82. The number of aryl methyl sites for hydroxylation is 1. The molecule has 2 rings (SSSR count). The van der Waals surface area contributed by atoms with E-state index in [0.717, 1.165) is 31.2 Å². The van der Waals surface area contributed by atoms with E-state index in [1.54, 1.807) is 6.20 Å². The normalized spacial score (nSPS) is 18.4. The minimum atomic E-state index is -0.427. The van der Waals surface area contributed by atoms with Crippen LogP contribution >= 0.6 is 11.6 Å². The van der Waals surface area contributed by atoms with Gasteiger partial charge in [0.05, 0.1) is 17.3 Å². The first-order valence-corrected chi connectivity index (χ1v) is 7.59. The van der Waals surface area contributed by atoms with Crippen LogP contribution in [0.3, 0.4) is 0 Å². The lowest BCUT2D eigenvalue weighted by atomic mass is 9.79. The van der Waals surface area contributed by atoms with Gasteiger partial charge in [0.15, 0.2) is 0 Å². The Bertz CT molecular complexity index is 482. The Morgan fingerprint density at radius 2 is 2.05 bits per heavy atom. The Kier molecular flexibility index (Phi) is 5.00. The lowest BCUT2D eigenvalue weighted by Crippen LogP contribution is -2.42. The molecule has 0 aromatic carbocycles. The van der Waals surface area contributed by atoms with Crippen molar-refractivity contribution in [3.63, 3.8) is 0 Å². The van der Waals surface area contributed by atoms with Gasteiger partial charge in [-0.25, -0.2) is 4.98 Å². The zero-order chi connectivity index (χ0) is 14.6. The van der Waals surface area contributed by atoms with Crippen LogP contribution in [0.1, 0.15) is 44.1 Å². The van der Waals surface area contributed by atoms with Crippen LogP contribution in [0.4, 0.5) is 5.69 Å². The van der Waals surface area contributed by atoms with Crippen molar-refractivity contribution >= 4 is 23.2 Å². The number of nitrogens with zero attached hydrogens (tertiary/aromatic N) is 1. The van der Waals surface area contributed by atoms with E-state index in [1.165, 1.54) is 12.8 Å². The van der Waals surface area contributed by atoms with Gasteiger partial charge in [0.1, 0.15) is 5.15 Å². The van der Waals surface area contributed by atoms with E-state index in [9.17, 15) is 4.79 Å². The van der Waals surface area contributed by atoms with Crippen molar-refractivity contribution in [3.05, 3.63) is 23.0 Å². The molecule has 0 saturated heterocycles. The lowest BCUT2D eigenvalue weighted by Gasteiger charge is -2.29. The average molecular weight is 296 g/mol. The van der Waals surface area contributed by atoms with E-state index in [-0.39, 0.29) is 5.91 Å². The number of pyridine rings is 1. The number of anilines is 1. The van der Waals surface area contributed by atoms with Gasteiger partial charge in [-0.15, -0.1) is 0 Å². The van der Waals surface area contributed by atoms with Gasteiger partial charge < -0.3 is 11.1 Å². The molecule has 20 heavy (non-hydrogen) atoms. The highest BCUT2D eigenvalue weighted by atomic mass is 35.5. The number of carbonyl (C=O) groups excluding carboxylic acids is 1. The first-order valence-electron chi connectivity index (χ1n) is 7.21. The first kappa shape index (κ1) is 15.3. The van der Waals surface area contributed by atoms with Crippen molar-refractivity contribution in [3.8, 4) is 0 Å². The highest BCUT2D eigenvalue weighted by molar-refractivity contribution is 6.30. The quantitative estimate of drug-likeness (QED) is 0.664. The second-order valence-corrected chi connectivity index (χ2v) is 6.04. The monoisotopic (exact) mass is 295 g/mol. The van der Waals surface area contributed by atoms with Crippen molar-refractivity contribution in [2.75, 3.05) is 11.9 Å². The van der Waals surface area contributed by atoms with E-state index in [0.29, 0.717) is 17.4 Å². The molecule has 1 aliphatic rings. The standard InChI is InChI=1S/C15H22ClN3O/c1-11-8-12(9-18-13(11)16)19-14(20)15(10-17)6-4-2-3-5-7-15/h8-9H,2-7,10,17H2,1H3,(H,19,20). The molecule has 1 aromatic heterocycles. The molecule has 1 saturated carbocycles. The number of halogens is 1. The largest absolute Gasteiger partial charge is 0.329 e. The zero-order valence-corrected chi connectivity index (χ0v) is 12.7. The van der Waals surface area contributed by atoms with Crippen LogP contribution in [-0.4, -0.2) is 17.4 Å². The maximum Gasteiger partial charge on any atom is 0.231 e. The zero-order valence-electron chi connectivity index (χ0n) is 11.9. The molecule has 1 heterocycles. The number of nitrogens with one attached hydrogen (secondary N) is 1. The van der Waals surface area contributed by atoms with E-state index in [4.69, 9.17) is 17.3 Å². The minimum Gasteiger partial charge on any atom is -0.329 e. The van der Waals surface area contributed by atoms with Gasteiger partial charge in [-0.1, -0.05) is 37.3 Å². The molecule has 0 unspecified atom stereocenters. The van der Waals surface area contributed by atoms with Crippen LogP contribution in [0.15, 0.2) is 12.3 Å². The predicted molar refractivity (Wildman–Crippen MR) is 81.8 cm³/mol. The number of carbonyl (C=O) groups is 1. The SMILES string of the molecule is Cc1cc(NC(=O)C2(CN)CCCCCC2)cnc1Cl. The fourth-order valence-corrected chi connectivity index (χ4v) is 2.92. The number of amides is 1. The van der Waals surface area contributed by atoms with Crippen LogP contribution in [0.25, 0.3) is 0 Å². The predicted octanol–water partition coefficient (Wildman–Crippen LogP) is 3.28. The van der Waals surface area contributed by atoms with E-state index >= 15 is 0 Å². The molecule has 5 heteroatoms. The molecule has 4 nitrogen and oxygen atoms in total. The molecule has 1 aromatic rings. The lowest BCUT2D eigenvalue weighted by molar-refractivity contribution is -0.125. The smallest absolute Gasteiger partial charge is 0.231 e. The summed E-state index contributed by atoms with van der Waals surface area (Å²) >= 11 is 5.90. The number of hydrogen-bond donors (Lipinski definition) is 2. The van der Waals surface area contributed by atoms with Gasteiger partial charge in [-0.2, -0.15) is 0 Å². The summed E-state index contributed by atoms with van der Waals surface area (Å²) in [6.45, 7) is 2.27. The minimum absolute atomic E-state index is 0.0189. The van der Waals surface area contributed by atoms with Gasteiger partial charge in [0.25, 0.3) is 0 Å². The third-order valence-corrected chi connectivity index (χ3v) is 4.60. The molecular formula is C15H22ClN3O. The summed E-state index contributed by atoms with van der Waals surface area (Å²) in [5, 5.41) is 3.42. The van der Waals surface area contributed by atoms with Crippen LogP contribution < -0.4 is 11.1 Å². The van der Waals surface area contributed by atoms with Crippen molar-refractivity contribution < 1.29 is 4.79 Å². The molecule has 0 aliphatic heterocycles. The molecule has 0 radical (unpaired) electrons. The molecular weight excluding hydrogens is 274 g/mol. The number of hydrogen-bond acceptors (Lipinski definition) is 3. The Morgan fingerprint density at radius 1 is 1.40 bits per heavy atom. The number of nitrogens with two attached hydrogens (primary N) is 1. The van der Waals surface area contributed by atoms with Gasteiger partial charge in [0.2, 0.25) is 5.91 Å². The third kappa shape index (κ3) is 3.30. The first-order chi connectivity index (χ1) is 9.57.